The van der Waals surface area contributed by atoms with Crippen molar-refractivity contribution in [2.75, 3.05) is 13.1 Å². The van der Waals surface area contributed by atoms with Gasteiger partial charge in [-0.3, -0.25) is 19.8 Å². The van der Waals surface area contributed by atoms with E-state index in [4.69, 9.17) is 5.11 Å². The van der Waals surface area contributed by atoms with Gasteiger partial charge in [0.15, 0.2) is 0 Å². The molecule has 1 N–H and O–H groups in total. The van der Waals surface area contributed by atoms with Gasteiger partial charge in [0, 0.05) is 30.8 Å². The van der Waals surface area contributed by atoms with Gasteiger partial charge in [-0.25, -0.2) is 0 Å². The Labute approximate surface area is 117 Å². The summed E-state index contributed by atoms with van der Waals surface area (Å²) in [5.41, 5.74) is 0.724. The van der Waals surface area contributed by atoms with Crippen LogP contribution in [0.1, 0.15) is 25.5 Å². The molecule has 20 heavy (non-hydrogen) atoms. The zero-order valence-corrected chi connectivity index (χ0v) is 11.5. The van der Waals surface area contributed by atoms with Crippen molar-refractivity contribution in [3.05, 3.63) is 39.9 Å². The summed E-state index contributed by atoms with van der Waals surface area (Å²) in [7, 11) is 0. The van der Waals surface area contributed by atoms with Crippen molar-refractivity contribution in [1.29, 1.82) is 0 Å². The average molecular weight is 278 g/mol. The van der Waals surface area contributed by atoms with Crippen molar-refractivity contribution >= 4 is 11.7 Å². The fourth-order valence-electron chi connectivity index (χ4n) is 2.85. The second-order valence-electron chi connectivity index (χ2n) is 5.37. The minimum Gasteiger partial charge on any atom is -0.481 e. The quantitative estimate of drug-likeness (QED) is 0.675. The number of carboxylic acid groups (broad SMARTS) is 1. The lowest BCUT2D eigenvalue weighted by Crippen LogP contribution is -2.26. The Morgan fingerprint density at radius 2 is 2.10 bits per heavy atom. The third-order valence-corrected chi connectivity index (χ3v) is 4.09. The molecule has 3 atom stereocenters. The van der Waals surface area contributed by atoms with E-state index in [0.717, 1.165) is 0 Å². The highest BCUT2D eigenvalue weighted by Crippen LogP contribution is 2.34. The summed E-state index contributed by atoms with van der Waals surface area (Å²) in [6.45, 7) is 4.87. The zero-order valence-electron chi connectivity index (χ0n) is 11.5. The fourth-order valence-corrected chi connectivity index (χ4v) is 2.85. The van der Waals surface area contributed by atoms with E-state index in [1.54, 1.807) is 18.2 Å². The summed E-state index contributed by atoms with van der Waals surface area (Å²) in [4.78, 5) is 23.8. The maximum absolute atomic E-state index is 11.2. The Bertz CT molecular complexity index is 532. The van der Waals surface area contributed by atoms with Crippen LogP contribution >= 0.6 is 0 Å². The third kappa shape index (κ3) is 2.65. The maximum Gasteiger partial charge on any atom is 0.308 e. The Kier molecular flexibility index (Phi) is 4.04. The second kappa shape index (κ2) is 5.58. The number of nitro groups is 1. The number of carboxylic acids is 1. The second-order valence-corrected chi connectivity index (χ2v) is 5.37. The number of hydrogen-bond acceptors (Lipinski definition) is 4. The molecule has 1 aliphatic rings. The highest BCUT2D eigenvalue weighted by atomic mass is 16.6. The minimum absolute atomic E-state index is 0.0534. The predicted molar refractivity (Wildman–Crippen MR) is 73.4 cm³/mol. The van der Waals surface area contributed by atoms with Crippen molar-refractivity contribution < 1.29 is 14.8 Å². The maximum atomic E-state index is 11.2. The first kappa shape index (κ1) is 14.5. The van der Waals surface area contributed by atoms with E-state index in [9.17, 15) is 14.9 Å². The summed E-state index contributed by atoms with van der Waals surface area (Å²) in [5, 5.41) is 20.2. The summed E-state index contributed by atoms with van der Waals surface area (Å²) >= 11 is 0. The largest absolute Gasteiger partial charge is 0.481 e. The van der Waals surface area contributed by atoms with Crippen molar-refractivity contribution in [2.45, 2.75) is 19.9 Å². The molecule has 1 aliphatic heterocycles. The number of benzene rings is 1. The van der Waals surface area contributed by atoms with E-state index in [1.165, 1.54) is 6.07 Å². The molecule has 1 aromatic carbocycles. The van der Waals surface area contributed by atoms with Gasteiger partial charge in [-0.05, 0) is 12.8 Å². The number of carbonyl (C=O) groups is 1. The number of nitro benzene ring substituents is 1. The van der Waals surface area contributed by atoms with Gasteiger partial charge in [0.05, 0.1) is 10.8 Å². The van der Waals surface area contributed by atoms with E-state index in [0.29, 0.717) is 18.7 Å². The predicted octanol–water partition coefficient (Wildman–Crippen LogP) is 2.31. The molecule has 1 aromatic rings. The van der Waals surface area contributed by atoms with Gasteiger partial charge in [-0.1, -0.05) is 25.1 Å². The van der Waals surface area contributed by atoms with Crippen LogP contribution in [-0.2, 0) is 4.79 Å². The van der Waals surface area contributed by atoms with Crippen LogP contribution in [0.15, 0.2) is 24.3 Å². The van der Waals surface area contributed by atoms with Gasteiger partial charge < -0.3 is 5.11 Å². The van der Waals surface area contributed by atoms with E-state index in [2.05, 4.69) is 0 Å². The standard InChI is InChI=1S/C14H18N2O4/c1-9-7-15(8-12(9)14(17)18)10(2)11-5-3-4-6-13(11)16(19)20/h3-6,9-10,12H,7-8H2,1-2H3,(H,17,18). The lowest BCUT2D eigenvalue weighted by atomic mass is 9.99. The average Bonchev–Trinajstić information content (AvgIpc) is 2.80. The van der Waals surface area contributed by atoms with Crippen LogP contribution in [0, 0.1) is 22.0 Å². The first-order valence-corrected chi connectivity index (χ1v) is 6.62. The number of rotatable bonds is 4. The number of para-hydroxylation sites is 1. The van der Waals surface area contributed by atoms with E-state index in [1.807, 2.05) is 18.7 Å². The van der Waals surface area contributed by atoms with Crippen molar-refractivity contribution in [3.8, 4) is 0 Å². The molecular weight excluding hydrogens is 260 g/mol. The molecular formula is C14H18N2O4. The summed E-state index contributed by atoms with van der Waals surface area (Å²) in [6.07, 6.45) is 0. The van der Waals surface area contributed by atoms with Crippen LogP contribution < -0.4 is 0 Å². The van der Waals surface area contributed by atoms with Crippen molar-refractivity contribution in [2.24, 2.45) is 11.8 Å². The van der Waals surface area contributed by atoms with Gasteiger partial charge >= 0.3 is 5.97 Å². The molecule has 0 spiro atoms. The van der Waals surface area contributed by atoms with Crippen LogP contribution in [0.4, 0.5) is 5.69 Å². The fraction of sp³-hybridized carbons (Fsp3) is 0.500. The molecule has 0 bridgehead atoms. The van der Waals surface area contributed by atoms with Gasteiger partial charge in [0.2, 0.25) is 0 Å². The lowest BCUT2D eigenvalue weighted by Gasteiger charge is -2.24. The van der Waals surface area contributed by atoms with Crippen LogP contribution in [0.2, 0.25) is 0 Å². The van der Waals surface area contributed by atoms with Crippen LogP contribution in [0.25, 0.3) is 0 Å². The molecule has 0 radical (unpaired) electrons. The van der Waals surface area contributed by atoms with E-state index < -0.39 is 11.9 Å². The van der Waals surface area contributed by atoms with Crippen molar-refractivity contribution in [1.82, 2.24) is 4.90 Å². The van der Waals surface area contributed by atoms with Crippen LogP contribution in [0.3, 0.4) is 0 Å². The van der Waals surface area contributed by atoms with Crippen LogP contribution in [-0.4, -0.2) is 34.0 Å². The molecule has 1 heterocycles. The minimum atomic E-state index is -0.797. The molecule has 0 aliphatic carbocycles. The van der Waals surface area contributed by atoms with Gasteiger partial charge in [0.25, 0.3) is 5.69 Å². The molecule has 108 valence electrons. The summed E-state index contributed by atoms with van der Waals surface area (Å²) in [5.74, 6) is -1.15. The summed E-state index contributed by atoms with van der Waals surface area (Å²) < 4.78 is 0. The topological polar surface area (TPSA) is 83.7 Å². The first-order chi connectivity index (χ1) is 9.41. The Morgan fingerprint density at radius 3 is 2.65 bits per heavy atom. The SMILES string of the molecule is CC1CN(C(C)c2ccccc2[N+](=O)[O-])CC1C(=O)O. The molecule has 6 heteroatoms. The number of nitrogens with zero attached hydrogens (tertiary/aromatic N) is 2. The van der Waals surface area contributed by atoms with Gasteiger partial charge in [0.1, 0.15) is 0 Å². The first-order valence-electron chi connectivity index (χ1n) is 6.62. The molecule has 1 saturated heterocycles. The van der Waals surface area contributed by atoms with Gasteiger partial charge in [-0.15, -0.1) is 0 Å². The normalized spacial score (nSPS) is 24.5. The molecule has 0 saturated carbocycles. The zero-order chi connectivity index (χ0) is 14.9. The monoisotopic (exact) mass is 278 g/mol. The molecule has 1 fully saturated rings. The number of hydrogen-bond donors (Lipinski definition) is 1. The highest BCUT2D eigenvalue weighted by molar-refractivity contribution is 5.71. The Morgan fingerprint density at radius 1 is 1.45 bits per heavy atom. The van der Waals surface area contributed by atoms with E-state index >= 15 is 0 Å². The number of likely N-dealkylation sites (tertiary alicyclic amines) is 1. The highest BCUT2D eigenvalue weighted by Gasteiger charge is 2.38. The number of aliphatic carboxylic acids is 1. The molecule has 6 nitrogen and oxygen atoms in total. The smallest absolute Gasteiger partial charge is 0.308 e. The van der Waals surface area contributed by atoms with Crippen LogP contribution in [0.5, 0.6) is 0 Å². The lowest BCUT2D eigenvalue weighted by molar-refractivity contribution is -0.386. The Balaban J connectivity index is 2.23. The van der Waals surface area contributed by atoms with Crippen molar-refractivity contribution in [3.63, 3.8) is 0 Å². The van der Waals surface area contributed by atoms with Gasteiger partial charge in [-0.2, -0.15) is 0 Å². The Hall–Kier alpha value is -1.95. The molecule has 0 amide bonds. The third-order valence-electron chi connectivity index (χ3n) is 4.09. The molecule has 2 rings (SSSR count). The molecule has 0 aromatic heterocycles. The molecule has 3 unspecified atom stereocenters. The summed E-state index contributed by atoms with van der Waals surface area (Å²) in [6, 6.07) is 6.47. The van der Waals surface area contributed by atoms with E-state index in [-0.39, 0.29) is 22.6 Å².